The van der Waals surface area contributed by atoms with E-state index in [0.29, 0.717) is 0 Å². The van der Waals surface area contributed by atoms with E-state index in [4.69, 9.17) is 4.98 Å². The Morgan fingerprint density at radius 2 is 2.08 bits per heavy atom. The number of hydrogen-bond acceptors (Lipinski definition) is 3. The van der Waals surface area contributed by atoms with Crippen molar-refractivity contribution in [2.45, 2.75) is 11.8 Å². The maximum Gasteiger partial charge on any atom is 0.115 e. The van der Waals surface area contributed by atoms with E-state index in [2.05, 4.69) is 46.4 Å². The number of benzene rings is 1. The molecule has 0 spiro atoms. The predicted molar refractivity (Wildman–Crippen MR) is 93.6 cm³/mol. The highest BCUT2D eigenvalue weighted by molar-refractivity contribution is 5.89. The van der Waals surface area contributed by atoms with Crippen molar-refractivity contribution in [1.29, 1.82) is 0 Å². The summed E-state index contributed by atoms with van der Waals surface area (Å²) >= 11 is 0. The lowest BCUT2D eigenvalue weighted by atomic mass is 9.80. The topological polar surface area (TPSA) is 61.8 Å². The first-order chi connectivity index (χ1) is 11.9. The number of H-pyrrole nitrogens is 1. The summed E-state index contributed by atoms with van der Waals surface area (Å²) in [5.41, 5.74) is 6.25. The molecular weight excluding hydrogens is 298 g/mol. The van der Waals surface area contributed by atoms with Crippen molar-refractivity contribution >= 4 is 16.6 Å². The molecule has 2 unspecified atom stereocenters. The van der Waals surface area contributed by atoms with Crippen LogP contribution in [-0.2, 0) is 0 Å². The minimum Gasteiger partial charge on any atom is -0.515 e. The molecule has 0 radical (unpaired) electrons. The number of nitrogens with one attached hydrogen (secondary N) is 1. The van der Waals surface area contributed by atoms with E-state index >= 15 is 0 Å². The van der Waals surface area contributed by atoms with E-state index in [-0.39, 0.29) is 11.8 Å². The first-order valence-corrected chi connectivity index (χ1v) is 7.99. The van der Waals surface area contributed by atoms with E-state index in [9.17, 15) is 5.11 Å². The Morgan fingerprint density at radius 3 is 2.96 bits per heavy atom. The molecule has 4 heteroatoms. The minimum absolute atomic E-state index is 0.107. The first-order valence-electron chi connectivity index (χ1n) is 7.99. The molecule has 2 aromatic heterocycles. The molecule has 2 heterocycles. The second kappa shape index (κ2) is 4.93. The Hall–Kier alpha value is -3.14. The molecule has 1 aromatic carbocycles. The number of aliphatic hydroxyl groups is 1. The van der Waals surface area contributed by atoms with Crippen molar-refractivity contribution in [3.63, 3.8) is 0 Å². The number of imidazole rings is 1. The van der Waals surface area contributed by atoms with Crippen LogP contribution in [0.1, 0.15) is 28.8 Å². The van der Waals surface area contributed by atoms with E-state index < -0.39 is 0 Å². The highest BCUT2D eigenvalue weighted by atomic mass is 16.2. The van der Waals surface area contributed by atoms with E-state index in [1.165, 1.54) is 11.8 Å². The number of aromatic amines is 1. The summed E-state index contributed by atoms with van der Waals surface area (Å²) in [6.07, 6.45) is 11.1. The van der Waals surface area contributed by atoms with Gasteiger partial charge in [0.25, 0.3) is 0 Å². The SMILES string of the molecule is O/C=C1/C2=CC=CC(c3nc4ccncc4[nH]3)C2c2ccccc21. The van der Waals surface area contributed by atoms with Gasteiger partial charge in [0.1, 0.15) is 5.82 Å². The van der Waals surface area contributed by atoms with Crippen LogP contribution < -0.4 is 0 Å². The number of rotatable bonds is 1. The van der Waals surface area contributed by atoms with Gasteiger partial charge in [-0.05, 0) is 22.8 Å². The van der Waals surface area contributed by atoms with Gasteiger partial charge >= 0.3 is 0 Å². The third-order valence-electron chi connectivity index (χ3n) is 4.93. The molecule has 116 valence electrons. The van der Waals surface area contributed by atoms with Crippen LogP contribution in [0, 0.1) is 0 Å². The summed E-state index contributed by atoms with van der Waals surface area (Å²) < 4.78 is 0. The smallest absolute Gasteiger partial charge is 0.115 e. The molecule has 3 aromatic rings. The van der Waals surface area contributed by atoms with Crippen LogP contribution in [0.15, 0.2) is 72.8 Å². The zero-order valence-corrected chi connectivity index (χ0v) is 12.8. The standard InChI is InChI=1S/C20H15N3O/c24-11-16-12-4-1-2-5-13(12)19-14(16)6-3-7-15(19)20-22-17-8-9-21-10-18(17)23-20/h1-11,15,19,24H,(H,22,23)/b16-11+. The Balaban J connectivity index is 1.69. The van der Waals surface area contributed by atoms with Crippen molar-refractivity contribution in [1.82, 2.24) is 15.0 Å². The molecular formula is C20H15N3O. The van der Waals surface area contributed by atoms with Gasteiger partial charge in [0.2, 0.25) is 0 Å². The highest BCUT2D eigenvalue weighted by Crippen LogP contribution is 2.53. The monoisotopic (exact) mass is 313 g/mol. The van der Waals surface area contributed by atoms with Crippen molar-refractivity contribution in [3.8, 4) is 0 Å². The fraction of sp³-hybridized carbons (Fsp3) is 0.100. The van der Waals surface area contributed by atoms with Crippen LogP contribution >= 0.6 is 0 Å². The molecule has 5 rings (SSSR count). The lowest BCUT2D eigenvalue weighted by Crippen LogP contribution is -2.12. The van der Waals surface area contributed by atoms with E-state index in [1.807, 2.05) is 12.1 Å². The molecule has 0 fully saturated rings. The second-order valence-corrected chi connectivity index (χ2v) is 6.16. The number of allylic oxidation sites excluding steroid dienone is 5. The predicted octanol–water partition coefficient (Wildman–Crippen LogP) is 4.23. The van der Waals surface area contributed by atoms with Crippen molar-refractivity contribution < 1.29 is 5.11 Å². The molecule has 2 aliphatic carbocycles. The number of hydrogen-bond donors (Lipinski definition) is 2. The summed E-state index contributed by atoms with van der Waals surface area (Å²) in [5.74, 6) is 1.20. The van der Waals surface area contributed by atoms with Crippen LogP contribution in [-0.4, -0.2) is 20.1 Å². The summed E-state index contributed by atoms with van der Waals surface area (Å²) in [6.45, 7) is 0. The maximum atomic E-state index is 9.76. The van der Waals surface area contributed by atoms with Gasteiger partial charge < -0.3 is 10.1 Å². The van der Waals surface area contributed by atoms with Gasteiger partial charge in [0.15, 0.2) is 0 Å². The summed E-state index contributed by atoms with van der Waals surface area (Å²) in [6, 6.07) is 10.2. The van der Waals surface area contributed by atoms with Crippen LogP contribution in [0.25, 0.3) is 16.6 Å². The van der Waals surface area contributed by atoms with E-state index in [0.717, 1.165) is 33.6 Å². The van der Waals surface area contributed by atoms with Gasteiger partial charge in [0, 0.05) is 23.6 Å². The van der Waals surface area contributed by atoms with Gasteiger partial charge in [-0.1, -0.05) is 42.5 Å². The average Bonchev–Trinajstić information content (AvgIpc) is 3.20. The molecule has 0 aliphatic heterocycles. The number of aliphatic hydroxyl groups excluding tert-OH is 1. The third kappa shape index (κ3) is 1.74. The highest BCUT2D eigenvalue weighted by Gasteiger charge is 2.38. The Bertz CT molecular complexity index is 1010. The van der Waals surface area contributed by atoms with Gasteiger partial charge in [-0.3, -0.25) is 4.98 Å². The number of aromatic nitrogens is 3. The van der Waals surface area contributed by atoms with Crippen LogP contribution in [0.4, 0.5) is 0 Å². The zero-order valence-electron chi connectivity index (χ0n) is 12.8. The number of pyridine rings is 1. The molecule has 0 amide bonds. The third-order valence-corrected chi connectivity index (χ3v) is 4.93. The zero-order chi connectivity index (χ0) is 16.1. The molecule has 2 atom stereocenters. The molecule has 2 aliphatic rings. The lowest BCUT2D eigenvalue weighted by Gasteiger charge is -2.24. The average molecular weight is 313 g/mol. The van der Waals surface area contributed by atoms with Crippen LogP contribution in [0.2, 0.25) is 0 Å². The molecule has 4 nitrogen and oxygen atoms in total. The normalized spacial score (nSPS) is 23.3. The van der Waals surface area contributed by atoms with Crippen LogP contribution in [0.3, 0.4) is 0 Å². The fourth-order valence-corrected chi connectivity index (χ4v) is 3.90. The van der Waals surface area contributed by atoms with Crippen LogP contribution in [0.5, 0.6) is 0 Å². The minimum atomic E-state index is 0.107. The first kappa shape index (κ1) is 13.3. The molecule has 0 bridgehead atoms. The Labute approximate surface area is 138 Å². The fourth-order valence-electron chi connectivity index (χ4n) is 3.90. The Morgan fingerprint density at radius 1 is 1.17 bits per heavy atom. The van der Waals surface area contributed by atoms with Gasteiger partial charge in [0.05, 0.1) is 23.5 Å². The van der Waals surface area contributed by atoms with Crippen molar-refractivity contribution in [2.24, 2.45) is 0 Å². The quantitative estimate of drug-likeness (QED) is 0.661. The van der Waals surface area contributed by atoms with Gasteiger partial charge in [-0.2, -0.15) is 0 Å². The molecule has 2 N–H and O–H groups in total. The van der Waals surface area contributed by atoms with Crippen molar-refractivity contribution in [2.75, 3.05) is 0 Å². The number of nitrogens with zero attached hydrogens (tertiary/aromatic N) is 2. The second-order valence-electron chi connectivity index (χ2n) is 6.16. The van der Waals surface area contributed by atoms with Gasteiger partial charge in [-0.15, -0.1) is 0 Å². The molecule has 24 heavy (non-hydrogen) atoms. The van der Waals surface area contributed by atoms with Crippen molar-refractivity contribution in [3.05, 3.63) is 89.7 Å². The summed E-state index contributed by atoms with van der Waals surface area (Å²) in [7, 11) is 0. The number of fused-ring (bicyclic) bond motifs is 4. The largest absolute Gasteiger partial charge is 0.515 e. The van der Waals surface area contributed by atoms with E-state index in [1.54, 1.807) is 12.4 Å². The molecule has 0 saturated heterocycles. The van der Waals surface area contributed by atoms with Gasteiger partial charge in [-0.25, -0.2) is 4.98 Å². The summed E-state index contributed by atoms with van der Waals surface area (Å²) in [4.78, 5) is 12.3. The Kier molecular flexibility index (Phi) is 2.73. The lowest BCUT2D eigenvalue weighted by molar-refractivity contribution is 0.475. The maximum absolute atomic E-state index is 9.76. The summed E-state index contributed by atoms with van der Waals surface area (Å²) in [5, 5.41) is 9.76. The molecule has 0 saturated carbocycles.